The fourth-order valence-electron chi connectivity index (χ4n) is 2.88. The maximum atomic E-state index is 12.3. The molecule has 7 nitrogen and oxygen atoms in total. The maximum Gasteiger partial charge on any atom is 0.393 e. The van der Waals surface area contributed by atoms with E-state index in [4.69, 9.17) is 20.8 Å². The van der Waals surface area contributed by atoms with Crippen molar-refractivity contribution in [2.24, 2.45) is 0 Å². The van der Waals surface area contributed by atoms with Gasteiger partial charge in [0.05, 0.1) is 19.7 Å². The molecule has 3 rings (SSSR count). The lowest BCUT2D eigenvalue weighted by molar-refractivity contribution is -0.137. The highest BCUT2D eigenvalue weighted by atomic mass is 35.5. The van der Waals surface area contributed by atoms with Crippen molar-refractivity contribution in [3.63, 3.8) is 0 Å². The molecule has 150 valence electrons. The fourth-order valence-corrected chi connectivity index (χ4v) is 3.08. The molecule has 0 aliphatic carbocycles. The number of nitrogens with one attached hydrogen (secondary N) is 1. The normalized spacial score (nSPS) is 11.7. The number of oxazole rings is 1. The predicted octanol–water partition coefficient (Wildman–Crippen LogP) is 3.82. The zero-order valence-electron chi connectivity index (χ0n) is 15.6. The highest BCUT2D eigenvalue weighted by Crippen LogP contribution is 2.23. The van der Waals surface area contributed by atoms with Crippen LogP contribution in [-0.4, -0.2) is 35.1 Å². The van der Waals surface area contributed by atoms with Crippen LogP contribution in [0.2, 0.25) is 5.02 Å². The van der Waals surface area contributed by atoms with Crippen LogP contribution in [0.5, 0.6) is 6.08 Å². The van der Waals surface area contributed by atoms with Crippen LogP contribution in [0.15, 0.2) is 59.1 Å². The van der Waals surface area contributed by atoms with E-state index in [0.29, 0.717) is 11.4 Å². The van der Waals surface area contributed by atoms with E-state index in [1.54, 1.807) is 0 Å². The quantitative estimate of drug-likeness (QED) is 0.581. The zero-order chi connectivity index (χ0) is 20.8. The van der Waals surface area contributed by atoms with Crippen molar-refractivity contribution in [2.45, 2.75) is 18.9 Å². The van der Waals surface area contributed by atoms with Gasteiger partial charge in [0.2, 0.25) is 5.76 Å². The molecule has 0 bridgehead atoms. The van der Waals surface area contributed by atoms with Gasteiger partial charge in [0.25, 0.3) is 5.91 Å². The standard InChI is InChI=1S/C21H19ClN2O5/c1-28-21-23-12-18(29-21)20(27)24-17(11-19(25)26)9-13-5-7-14(8-6-13)15-3-2-4-16(22)10-15/h2-8,10,12,17H,9,11H2,1H3,(H,24,27)(H,25,26). The van der Waals surface area contributed by atoms with Gasteiger partial charge in [-0.1, -0.05) is 48.0 Å². The number of aliphatic carboxylic acids is 1. The number of rotatable bonds is 8. The summed E-state index contributed by atoms with van der Waals surface area (Å²) in [7, 11) is 1.37. The van der Waals surface area contributed by atoms with Crippen LogP contribution in [-0.2, 0) is 11.2 Å². The summed E-state index contributed by atoms with van der Waals surface area (Å²) in [5, 5.41) is 12.5. The van der Waals surface area contributed by atoms with Gasteiger partial charge < -0.3 is 19.6 Å². The number of amides is 1. The summed E-state index contributed by atoms with van der Waals surface area (Å²) in [4.78, 5) is 27.3. The van der Waals surface area contributed by atoms with Crippen molar-refractivity contribution in [2.75, 3.05) is 7.11 Å². The number of methoxy groups -OCH3 is 1. The van der Waals surface area contributed by atoms with Crippen molar-refractivity contribution in [3.8, 4) is 17.2 Å². The van der Waals surface area contributed by atoms with E-state index in [2.05, 4.69) is 10.3 Å². The first-order valence-corrected chi connectivity index (χ1v) is 9.19. The maximum absolute atomic E-state index is 12.3. The monoisotopic (exact) mass is 414 g/mol. The number of hydrogen-bond acceptors (Lipinski definition) is 5. The molecule has 0 aliphatic heterocycles. The largest absolute Gasteiger partial charge is 0.481 e. The molecule has 2 N–H and O–H groups in total. The zero-order valence-corrected chi connectivity index (χ0v) is 16.3. The van der Waals surface area contributed by atoms with E-state index in [0.717, 1.165) is 16.7 Å². The van der Waals surface area contributed by atoms with Crippen LogP contribution in [0.3, 0.4) is 0 Å². The van der Waals surface area contributed by atoms with Crippen molar-refractivity contribution >= 4 is 23.5 Å². The van der Waals surface area contributed by atoms with E-state index in [-0.39, 0.29) is 18.3 Å². The Kier molecular flexibility index (Phi) is 6.51. The summed E-state index contributed by atoms with van der Waals surface area (Å²) in [5.74, 6) is -1.61. The molecule has 1 atom stereocenters. The predicted molar refractivity (Wildman–Crippen MR) is 107 cm³/mol. The minimum atomic E-state index is -1.01. The fraction of sp³-hybridized carbons (Fsp3) is 0.190. The molecule has 8 heteroatoms. The molecule has 1 unspecified atom stereocenters. The minimum absolute atomic E-state index is 0.0402. The number of carboxylic acid groups (broad SMARTS) is 1. The third-order valence-corrected chi connectivity index (χ3v) is 4.47. The van der Waals surface area contributed by atoms with Gasteiger partial charge in [-0.05, 0) is 35.2 Å². The van der Waals surface area contributed by atoms with Crippen molar-refractivity contribution in [3.05, 3.63) is 71.1 Å². The van der Waals surface area contributed by atoms with E-state index >= 15 is 0 Å². The summed E-state index contributed by atoms with van der Waals surface area (Å²) in [5.41, 5.74) is 2.86. The van der Waals surface area contributed by atoms with Gasteiger partial charge in [0.15, 0.2) is 0 Å². The number of benzene rings is 2. The van der Waals surface area contributed by atoms with Gasteiger partial charge >= 0.3 is 12.0 Å². The molecule has 0 spiro atoms. The van der Waals surface area contributed by atoms with Crippen LogP contribution in [0, 0.1) is 0 Å². The molecule has 29 heavy (non-hydrogen) atoms. The first-order chi connectivity index (χ1) is 13.9. The van der Waals surface area contributed by atoms with Crippen LogP contribution >= 0.6 is 11.6 Å². The lowest BCUT2D eigenvalue weighted by Gasteiger charge is -2.16. The molecule has 2 aromatic carbocycles. The second kappa shape index (κ2) is 9.25. The molecule has 0 fully saturated rings. The Balaban J connectivity index is 1.71. The SMILES string of the molecule is COc1ncc(C(=O)NC(CC(=O)O)Cc2ccc(-c3cccc(Cl)c3)cc2)o1. The third kappa shape index (κ3) is 5.58. The lowest BCUT2D eigenvalue weighted by Crippen LogP contribution is -2.38. The first kappa shape index (κ1) is 20.4. The summed E-state index contributed by atoms with van der Waals surface area (Å²) in [6.45, 7) is 0. The number of carbonyl (C=O) groups is 2. The smallest absolute Gasteiger partial charge is 0.393 e. The summed E-state index contributed by atoms with van der Waals surface area (Å²) < 4.78 is 9.93. The van der Waals surface area contributed by atoms with Crippen LogP contribution in [0.25, 0.3) is 11.1 Å². The molecule has 1 amide bonds. The topological polar surface area (TPSA) is 102 Å². The Labute approximate surface area is 172 Å². The third-order valence-electron chi connectivity index (χ3n) is 4.23. The van der Waals surface area contributed by atoms with E-state index < -0.39 is 17.9 Å². The number of halogens is 1. The summed E-state index contributed by atoms with van der Waals surface area (Å²) >= 11 is 6.04. The Bertz CT molecular complexity index is 1000. The van der Waals surface area contributed by atoms with Gasteiger partial charge in [-0.25, -0.2) is 0 Å². The molecule has 0 saturated carbocycles. The number of nitrogens with zero attached hydrogens (tertiary/aromatic N) is 1. The number of ether oxygens (including phenoxy) is 1. The molecule has 0 radical (unpaired) electrons. The second-order valence-electron chi connectivity index (χ2n) is 6.37. The average molecular weight is 415 g/mol. The average Bonchev–Trinajstić information content (AvgIpc) is 3.17. The lowest BCUT2D eigenvalue weighted by atomic mass is 9.99. The van der Waals surface area contributed by atoms with E-state index in [9.17, 15) is 14.7 Å². The van der Waals surface area contributed by atoms with Crippen molar-refractivity contribution in [1.29, 1.82) is 0 Å². The summed E-state index contributed by atoms with van der Waals surface area (Å²) in [6.07, 6.45) is 1.30. The van der Waals surface area contributed by atoms with Gasteiger partial charge in [0.1, 0.15) is 0 Å². The highest BCUT2D eigenvalue weighted by Gasteiger charge is 2.20. The van der Waals surface area contributed by atoms with Crippen molar-refractivity contribution < 1.29 is 23.8 Å². The van der Waals surface area contributed by atoms with Crippen LogP contribution in [0.1, 0.15) is 22.5 Å². The molecule has 0 aliphatic rings. The number of carbonyl (C=O) groups excluding carboxylic acids is 1. The Morgan fingerprint density at radius 1 is 1.21 bits per heavy atom. The number of aromatic nitrogens is 1. The highest BCUT2D eigenvalue weighted by molar-refractivity contribution is 6.30. The Hall–Kier alpha value is -3.32. The first-order valence-electron chi connectivity index (χ1n) is 8.82. The number of carboxylic acids is 1. The second-order valence-corrected chi connectivity index (χ2v) is 6.81. The van der Waals surface area contributed by atoms with Crippen molar-refractivity contribution in [1.82, 2.24) is 10.3 Å². The van der Waals surface area contributed by atoms with Crippen LogP contribution < -0.4 is 10.1 Å². The molecular weight excluding hydrogens is 396 g/mol. The molecule has 3 aromatic rings. The summed E-state index contributed by atoms with van der Waals surface area (Å²) in [6, 6.07) is 14.6. The molecular formula is C21H19ClN2O5. The molecule has 1 heterocycles. The van der Waals surface area contributed by atoms with Crippen LogP contribution in [0.4, 0.5) is 0 Å². The van der Waals surface area contributed by atoms with E-state index in [1.807, 2.05) is 48.5 Å². The van der Waals surface area contributed by atoms with Gasteiger partial charge in [-0.3, -0.25) is 9.59 Å². The molecule has 1 aromatic heterocycles. The Morgan fingerprint density at radius 2 is 1.97 bits per heavy atom. The van der Waals surface area contributed by atoms with Gasteiger partial charge in [0, 0.05) is 11.1 Å². The van der Waals surface area contributed by atoms with E-state index in [1.165, 1.54) is 13.3 Å². The Morgan fingerprint density at radius 3 is 2.59 bits per heavy atom. The number of hydrogen-bond donors (Lipinski definition) is 2. The van der Waals surface area contributed by atoms with Gasteiger partial charge in [-0.2, -0.15) is 4.98 Å². The van der Waals surface area contributed by atoms with Gasteiger partial charge in [-0.15, -0.1) is 0 Å². The minimum Gasteiger partial charge on any atom is -0.481 e. The molecule has 0 saturated heterocycles.